The van der Waals surface area contributed by atoms with Gasteiger partial charge < -0.3 is 10.2 Å². The normalized spacial score (nSPS) is 31.1. The molecule has 0 radical (unpaired) electrons. The van der Waals surface area contributed by atoms with Crippen LogP contribution in [0.3, 0.4) is 0 Å². The molecule has 0 atom stereocenters. The van der Waals surface area contributed by atoms with Gasteiger partial charge in [0.25, 0.3) is 0 Å². The molecule has 6 nitrogen and oxygen atoms in total. The van der Waals surface area contributed by atoms with Gasteiger partial charge in [0.2, 0.25) is 11.8 Å². The van der Waals surface area contributed by atoms with Crippen LogP contribution in [-0.4, -0.2) is 55.8 Å². The summed E-state index contributed by atoms with van der Waals surface area (Å²) in [5.74, 6) is 2.28. The lowest BCUT2D eigenvalue weighted by atomic mass is 9.83. The molecule has 4 fully saturated rings. The van der Waals surface area contributed by atoms with Crippen LogP contribution in [0.15, 0.2) is 0 Å². The standard InChI is InChI=1S/C27H46N2O4S/c1-29(18-21-5-3-2-4-6-21)27(31)23-11-13-24(14-12-23)28-26(30)17-20-9-15-25(16-10-20)34(32,33)19-22-7-8-22/h20-25H,2-19H2,1H3,(H,28,30). The van der Waals surface area contributed by atoms with Gasteiger partial charge in [0, 0.05) is 32.0 Å². The number of carbonyl (C=O) groups is 2. The third-order valence-corrected chi connectivity index (χ3v) is 11.4. The summed E-state index contributed by atoms with van der Waals surface area (Å²) in [5.41, 5.74) is 0. The number of carbonyl (C=O) groups excluding carboxylic acids is 2. The third-order valence-electron chi connectivity index (χ3n) is 9.02. The summed E-state index contributed by atoms with van der Waals surface area (Å²) in [6, 6.07) is 0.176. The van der Waals surface area contributed by atoms with Gasteiger partial charge in [0.05, 0.1) is 11.0 Å². The quantitative estimate of drug-likeness (QED) is 0.512. The van der Waals surface area contributed by atoms with Gasteiger partial charge in [-0.05, 0) is 94.8 Å². The van der Waals surface area contributed by atoms with Crippen LogP contribution >= 0.6 is 0 Å². The summed E-state index contributed by atoms with van der Waals surface area (Å²) < 4.78 is 25.1. The van der Waals surface area contributed by atoms with Crippen molar-refractivity contribution < 1.29 is 18.0 Å². The molecule has 4 aliphatic carbocycles. The Kier molecular flexibility index (Phi) is 8.97. The summed E-state index contributed by atoms with van der Waals surface area (Å²) in [5, 5.41) is 3.03. The first-order valence-electron chi connectivity index (χ1n) is 14.1. The minimum Gasteiger partial charge on any atom is -0.353 e. The second-order valence-corrected chi connectivity index (χ2v) is 14.3. The summed E-state index contributed by atoms with van der Waals surface area (Å²) >= 11 is 0. The van der Waals surface area contributed by atoms with Gasteiger partial charge >= 0.3 is 0 Å². The smallest absolute Gasteiger partial charge is 0.225 e. The zero-order valence-corrected chi connectivity index (χ0v) is 22.0. The van der Waals surface area contributed by atoms with Crippen LogP contribution in [0, 0.1) is 23.7 Å². The Bertz CT molecular complexity index is 787. The van der Waals surface area contributed by atoms with Gasteiger partial charge in [-0.1, -0.05) is 19.3 Å². The number of nitrogens with one attached hydrogen (secondary N) is 1. The molecule has 0 heterocycles. The van der Waals surface area contributed by atoms with E-state index in [0.29, 0.717) is 48.7 Å². The average Bonchev–Trinajstić information content (AvgIpc) is 3.63. The molecule has 0 bridgehead atoms. The molecule has 0 unspecified atom stereocenters. The van der Waals surface area contributed by atoms with Gasteiger partial charge in [-0.3, -0.25) is 9.59 Å². The van der Waals surface area contributed by atoms with Crippen molar-refractivity contribution in [3.8, 4) is 0 Å². The molecule has 4 rings (SSSR count). The molecular weight excluding hydrogens is 448 g/mol. The second-order valence-electron chi connectivity index (χ2n) is 12.0. The molecule has 0 aromatic heterocycles. The van der Waals surface area contributed by atoms with Gasteiger partial charge in [-0.25, -0.2) is 8.42 Å². The first kappa shape index (κ1) is 26.0. The van der Waals surface area contributed by atoms with E-state index in [4.69, 9.17) is 0 Å². The highest BCUT2D eigenvalue weighted by molar-refractivity contribution is 7.92. The maximum atomic E-state index is 12.9. The number of hydrogen-bond donors (Lipinski definition) is 1. The first-order chi connectivity index (χ1) is 16.3. The van der Waals surface area contributed by atoms with Gasteiger partial charge in [-0.2, -0.15) is 0 Å². The Hall–Kier alpha value is -1.11. The minimum absolute atomic E-state index is 0.105. The van der Waals surface area contributed by atoms with Crippen LogP contribution in [0.2, 0.25) is 0 Å². The van der Waals surface area contributed by atoms with Gasteiger partial charge in [0.15, 0.2) is 9.84 Å². The Morgan fingerprint density at radius 2 is 1.38 bits per heavy atom. The van der Waals surface area contributed by atoms with Crippen molar-refractivity contribution in [2.24, 2.45) is 23.7 Å². The zero-order valence-electron chi connectivity index (χ0n) is 21.2. The molecule has 194 valence electrons. The topological polar surface area (TPSA) is 83.6 Å². The largest absolute Gasteiger partial charge is 0.353 e. The van der Waals surface area contributed by atoms with E-state index in [1.165, 1.54) is 32.1 Å². The Labute approximate surface area is 206 Å². The van der Waals surface area contributed by atoms with Crippen LogP contribution in [0.25, 0.3) is 0 Å². The number of nitrogens with zero attached hydrogens (tertiary/aromatic N) is 1. The molecule has 0 aromatic carbocycles. The molecule has 4 saturated carbocycles. The summed E-state index contributed by atoms with van der Waals surface area (Å²) in [6.45, 7) is 0.902. The molecule has 34 heavy (non-hydrogen) atoms. The van der Waals surface area contributed by atoms with Crippen LogP contribution in [0.4, 0.5) is 0 Å². The average molecular weight is 495 g/mol. The molecule has 4 aliphatic rings. The van der Waals surface area contributed by atoms with Crippen molar-refractivity contribution in [2.75, 3.05) is 19.3 Å². The number of sulfone groups is 1. The highest BCUT2D eigenvalue weighted by Crippen LogP contribution is 2.36. The van der Waals surface area contributed by atoms with Crippen molar-refractivity contribution >= 4 is 21.7 Å². The van der Waals surface area contributed by atoms with Gasteiger partial charge in [-0.15, -0.1) is 0 Å². The van der Waals surface area contributed by atoms with Crippen LogP contribution < -0.4 is 5.32 Å². The van der Waals surface area contributed by atoms with E-state index in [1.54, 1.807) is 0 Å². The van der Waals surface area contributed by atoms with E-state index < -0.39 is 9.84 Å². The fourth-order valence-electron chi connectivity index (χ4n) is 6.64. The lowest BCUT2D eigenvalue weighted by Gasteiger charge is -2.33. The molecule has 0 saturated heterocycles. The lowest BCUT2D eigenvalue weighted by Crippen LogP contribution is -2.43. The highest BCUT2D eigenvalue weighted by Gasteiger charge is 2.36. The van der Waals surface area contributed by atoms with E-state index in [0.717, 1.165) is 57.9 Å². The third kappa shape index (κ3) is 7.44. The minimum atomic E-state index is -2.95. The predicted octanol–water partition coefficient (Wildman–Crippen LogP) is 4.47. The molecular formula is C27H46N2O4S. The Morgan fingerprint density at radius 3 is 2.00 bits per heavy atom. The Balaban J connectivity index is 1.12. The fourth-order valence-corrected chi connectivity index (χ4v) is 8.89. The van der Waals surface area contributed by atoms with Crippen LogP contribution in [0.1, 0.15) is 103 Å². The van der Waals surface area contributed by atoms with Crippen molar-refractivity contribution in [1.82, 2.24) is 10.2 Å². The van der Waals surface area contributed by atoms with Crippen molar-refractivity contribution in [1.29, 1.82) is 0 Å². The number of amides is 2. The van der Waals surface area contributed by atoms with Gasteiger partial charge in [0.1, 0.15) is 0 Å². The van der Waals surface area contributed by atoms with Crippen molar-refractivity contribution in [2.45, 2.75) is 114 Å². The zero-order chi connectivity index (χ0) is 24.1. The van der Waals surface area contributed by atoms with E-state index in [2.05, 4.69) is 5.32 Å². The Morgan fingerprint density at radius 1 is 0.765 bits per heavy atom. The monoisotopic (exact) mass is 494 g/mol. The SMILES string of the molecule is CN(CC1CCCCC1)C(=O)C1CCC(NC(=O)CC2CCC(S(=O)(=O)CC3CC3)CC2)CC1. The molecule has 1 N–H and O–H groups in total. The first-order valence-corrected chi connectivity index (χ1v) is 15.8. The molecule has 0 aliphatic heterocycles. The fraction of sp³-hybridized carbons (Fsp3) is 0.926. The van der Waals surface area contributed by atoms with Crippen LogP contribution in [0.5, 0.6) is 0 Å². The second kappa shape index (κ2) is 11.7. The molecule has 2 amide bonds. The summed E-state index contributed by atoms with van der Waals surface area (Å²) in [7, 11) is -0.984. The summed E-state index contributed by atoms with van der Waals surface area (Å²) in [4.78, 5) is 27.5. The highest BCUT2D eigenvalue weighted by atomic mass is 32.2. The van der Waals surface area contributed by atoms with E-state index in [1.807, 2.05) is 11.9 Å². The number of rotatable bonds is 9. The van der Waals surface area contributed by atoms with E-state index in [9.17, 15) is 18.0 Å². The molecule has 0 aromatic rings. The predicted molar refractivity (Wildman–Crippen MR) is 135 cm³/mol. The maximum Gasteiger partial charge on any atom is 0.225 e. The summed E-state index contributed by atoms with van der Waals surface area (Å²) in [6.07, 6.45) is 15.7. The van der Waals surface area contributed by atoms with E-state index in [-0.39, 0.29) is 23.1 Å². The van der Waals surface area contributed by atoms with E-state index >= 15 is 0 Å². The van der Waals surface area contributed by atoms with Crippen LogP contribution in [-0.2, 0) is 19.4 Å². The molecule has 7 heteroatoms. The lowest BCUT2D eigenvalue weighted by molar-refractivity contribution is -0.136. The molecule has 0 spiro atoms. The van der Waals surface area contributed by atoms with Crippen molar-refractivity contribution in [3.05, 3.63) is 0 Å². The maximum absolute atomic E-state index is 12.9. The van der Waals surface area contributed by atoms with Crippen molar-refractivity contribution in [3.63, 3.8) is 0 Å². The number of hydrogen-bond acceptors (Lipinski definition) is 4.